The Morgan fingerprint density at radius 3 is 2.82 bits per heavy atom. The van der Waals surface area contributed by atoms with Crippen molar-refractivity contribution in [2.45, 2.75) is 0 Å². The van der Waals surface area contributed by atoms with Gasteiger partial charge >= 0.3 is 0 Å². The summed E-state index contributed by atoms with van der Waals surface area (Å²) in [6, 6.07) is 7.86. The highest BCUT2D eigenvalue weighted by Gasteiger charge is 2.19. The minimum absolute atomic E-state index is 0.0482. The molecule has 2 heterocycles. The monoisotopic (exact) mass is 337 g/mol. The zero-order chi connectivity index (χ0) is 15.4. The van der Waals surface area contributed by atoms with Crippen molar-refractivity contribution in [2.24, 2.45) is 0 Å². The molecule has 1 fully saturated rings. The molecule has 1 aliphatic heterocycles. The van der Waals surface area contributed by atoms with E-state index in [1.54, 1.807) is 5.51 Å². The Morgan fingerprint density at radius 1 is 1.32 bits per heavy atom. The largest absolute Gasteiger partial charge is 0.369 e. The predicted octanol–water partition coefficient (Wildman–Crippen LogP) is 1.95. The molecule has 6 nitrogen and oxygen atoms in total. The fraction of sp³-hybridized carbons (Fsp3) is 0.357. The number of benzene rings is 1. The number of hydrogen-bond acceptors (Lipinski definition) is 6. The van der Waals surface area contributed by atoms with Crippen LogP contribution in [0.5, 0.6) is 0 Å². The Kier molecular flexibility index (Phi) is 4.87. The van der Waals surface area contributed by atoms with Crippen LogP contribution >= 0.6 is 22.9 Å². The lowest BCUT2D eigenvalue weighted by Crippen LogP contribution is -2.48. The van der Waals surface area contributed by atoms with Gasteiger partial charge in [0.25, 0.3) is 0 Å². The van der Waals surface area contributed by atoms with E-state index in [1.165, 1.54) is 11.3 Å². The summed E-state index contributed by atoms with van der Waals surface area (Å²) in [6.07, 6.45) is 0. The lowest BCUT2D eigenvalue weighted by atomic mass is 10.2. The van der Waals surface area contributed by atoms with Crippen molar-refractivity contribution < 1.29 is 4.79 Å². The first-order chi connectivity index (χ1) is 10.7. The first-order valence-electron chi connectivity index (χ1n) is 6.99. The first kappa shape index (κ1) is 15.2. The van der Waals surface area contributed by atoms with Gasteiger partial charge < -0.3 is 4.90 Å². The number of carbonyl (C=O) groups excluding carboxylic acids is 1. The molecule has 0 aliphatic carbocycles. The van der Waals surface area contributed by atoms with Crippen LogP contribution in [0.15, 0.2) is 29.8 Å². The number of halogens is 1. The van der Waals surface area contributed by atoms with E-state index in [0.717, 1.165) is 36.9 Å². The molecular formula is C14H16ClN5OS. The normalized spacial score (nSPS) is 15.8. The lowest BCUT2D eigenvalue weighted by Gasteiger charge is -2.35. The fourth-order valence-electron chi connectivity index (χ4n) is 2.43. The third kappa shape index (κ3) is 3.94. The molecule has 0 atom stereocenters. The summed E-state index contributed by atoms with van der Waals surface area (Å²) in [7, 11) is 0. The highest BCUT2D eigenvalue weighted by Crippen LogP contribution is 2.20. The van der Waals surface area contributed by atoms with Crippen LogP contribution in [0.4, 0.5) is 10.8 Å². The van der Waals surface area contributed by atoms with Crippen molar-refractivity contribution in [3.05, 3.63) is 34.8 Å². The highest BCUT2D eigenvalue weighted by molar-refractivity contribution is 7.13. The molecule has 3 rings (SSSR count). The number of anilines is 2. The molecule has 8 heteroatoms. The predicted molar refractivity (Wildman–Crippen MR) is 88.6 cm³/mol. The summed E-state index contributed by atoms with van der Waals surface area (Å²) in [6.45, 7) is 3.83. The molecule has 0 spiro atoms. The standard InChI is InChI=1S/C14H16ClN5OS/c15-11-2-1-3-12(8-11)20-6-4-19(5-7-20)9-13(21)17-14-18-16-10-22-14/h1-3,8,10H,4-7,9H2,(H,17,18,21). The summed E-state index contributed by atoms with van der Waals surface area (Å²) in [5, 5.41) is 11.5. The van der Waals surface area contributed by atoms with E-state index in [2.05, 4.69) is 31.4 Å². The van der Waals surface area contributed by atoms with E-state index in [-0.39, 0.29) is 5.91 Å². The van der Waals surface area contributed by atoms with Crippen LogP contribution in [-0.2, 0) is 4.79 Å². The number of carbonyl (C=O) groups is 1. The van der Waals surface area contributed by atoms with Gasteiger partial charge in [-0.15, -0.1) is 10.2 Å². The zero-order valence-electron chi connectivity index (χ0n) is 11.9. The van der Waals surface area contributed by atoms with Crippen molar-refractivity contribution >= 4 is 39.7 Å². The molecule has 0 saturated carbocycles. The van der Waals surface area contributed by atoms with Gasteiger partial charge in [0.05, 0.1) is 6.54 Å². The molecule has 2 aromatic rings. The molecule has 22 heavy (non-hydrogen) atoms. The highest BCUT2D eigenvalue weighted by atomic mass is 35.5. The van der Waals surface area contributed by atoms with E-state index in [4.69, 9.17) is 11.6 Å². The number of nitrogens with one attached hydrogen (secondary N) is 1. The van der Waals surface area contributed by atoms with E-state index in [1.807, 2.05) is 18.2 Å². The fourth-order valence-corrected chi connectivity index (χ4v) is 3.07. The maximum Gasteiger partial charge on any atom is 0.240 e. The van der Waals surface area contributed by atoms with Crippen LogP contribution < -0.4 is 10.2 Å². The van der Waals surface area contributed by atoms with Crippen LogP contribution in [0.1, 0.15) is 0 Å². The van der Waals surface area contributed by atoms with Crippen LogP contribution in [-0.4, -0.2) is 53.7 Å². The molecule has 1 amide bonds. The summed E-state index contributed by atoms with van der Waals surface area (Å²) in [4.78, 5) is 16.3. The van der Waals surface area contributed by atoms with Gasteiger partial charge in [0.2, 0.25) is 11.0 Å². The maximum absolute atomic E-state index is 11.9. The van der Waals surface area contributed by atoms with Gasteiger partial charge in [0.15, 0.2) is 0 Å². The molecule has 1 N–H and O–H groups in total. The van der Waals surface area contributed by atoms with E-state index in [9.17, 15) is 4.79 Å². The van der Waals surface area contributed by atoms with Gasteiger partial charge in [-0.05, 0) is 18.2 Å². The second-order valence-corrected chi connectivity index (χ2v) is 6.30. The molecule has 0 bridgehead atoms. The summed E-state index contributed by atoms with van der Waals surface area (Å²) < 4.78 is 0. The summed E-state index contributed by atoms with van der Waals surface area (Å²) in [5.41, 5.74) is 2.73. The summed E-state index contributed by atoms with van der Waals surface area (Å²) in [5.74, 6) is -0.0482. The Hall–Kier alpha value is -1.70. The molecule has 116 valence electrons. The second kappa shape index (κ2) is 7.04. The third-order valence-corrected chi connectivity index (χ3v) is 4.36. The second-order valence-electron chi connectivity index (χ2n) is 5.04. The van der Waals surface area contributed by atoms with Crippen LogP contribution in [0, 0.1) is 0 Å². The zero-order valence-corrected chi connectivity index (χ0v) is 13.5. The van der Waals surface area contributed by atoms with Crippen LogP contribution in [0.3, 0.4) is 0 Å². The number of piperazine rings is 1. The number of hydrogen-bond donors (Lipinski definition) is 1. The van der Waals surface area contributed by atoms with Gasteiger partial charge in [-0.25, -0.2) is 0 Å². The van der Waals surface area contributed by atoms with Gasteiger partial charge in [-0.1, -0.05) is 29.0 Å². The Morgan fingerprint density at radius 2 is 2.14 bits per heavy atom. The smallest absolute Gasteiger partial charge is 0.240 e. The molecule has 1 aromatic carbocycles. The minimum atomic E-state index is -0.0482. The summed E-state index contributed by atoms with van der Waals surface area (Å²) >= 11 is 7.35. The maximum atomic E-state index is 11.9. The van der Waals surface area contributed by atoms with Gasteiger partial charge in [-0.3, -0.25) is 15.0 Å². The van der Waals surface area contributed by atoms with Crippen molar-refractivity contribution in [1.82, 2.24) is 15.1 Å². The van der Waals surface area contributed by atoms with E-state index < -0.39 is 0 Å². The molecular weight excluding hydrogens is 322 g/mol. The molecule has 1 aliphatic rings. The average molecular weight is 338 g/mol. The van der Waals surface area contributed by atoms with Gasteiger partial charge in [0.1, 0.15) is 5.51 Å². The van der Waals surface area contributed by atoms with E-state index >= 15 is 0 Å². The van der Waals surface area contributed by atoms with Crippen LogP contribution in [0.25, 0.3) is 0 Å². The Bertz CT molecular complexity index is 628. The van der Waals surface area contributed by atoms with Gasteiger partial charge in [0, 0.05) is 36.9 Å². The van der Waals surface area contributed by atoms with Crippen molar-refractivity contribution in [3.63, 3.8) is 0 Å². The van der Waals surface area contributed by atoms with E-state index in [0.29, 0.717) is 11.7 Å². The number of aromatic nitrogens is 2. The lowest BCUT2D eigenvalue weighted by molar-refractivity contribution is -0.117. The number of amides is 1. The molecule has 1 saturated heterocycles. The Balaban J connectivity index is 1.48. The SMILES string of the molecule is O=C(CN1CCN(c2cccc(Cl)c2)CC1)Nc1nncs1. The first-order valence-corrected chi connectivity index (χ1v) is 8.25. The quantitative estimate of drug-likeness (QED) is 0.924. The van der Waals surface area contributed by atoms with Gasteiger partial charge in [-0.2, -0.15) is 0 Å². The number of nitrogens with zero attached hydrogens (tertiary/aromatic N) is 4. The third-order valence-electron chi connectivity index (χ3n) is 3.52. The van der Waals surface area contributed by atoms with Crippen LogP contribution in [0.2, 0.25) is 5.02 Å². The molecule has 0 radical (unpaired) electrons. The van der Waals surface area contributed by atoms with Crippen molar-refractivity contribution in [1.29, 1.82) is 0 Å². The van der Waals surface area contributed by atoms with Crippen molar-refractivity contribution in [3.8, 4) is 0 Å². The molecule has 1 aromatic heterocycles. The average Bonchev–Trinajstić information content (AvgIpc) is 3.01. The Labute approximate surface area is 137 Å². The number of rotatable bonds is 4. The molecule has 0 unspecified atom stereocenters. The van der Waals surface area contributed by atoms with Crippen molar-refractivity contribution in [2.75, 3.05) is 42.9 Å². The topological polar surface area (TPSA) is 61.4 Å². The minimum Gasteiger partial charge on any atom is -0.369 e.